The van der Waals surface area contributed by atoms with Gasteiger partial charge in [-0.25, -0.2) is 0 Å². The topological polar surface area (TPSA) is 126 Å². The molecule has 1 aromatic rings. The van der Waals surface area contributed by atoms with E-state index in [1.807, 2.05) is 23.9 Å². The van der Waals surface area contributed by atoms with E-state index in [0.29, 0.717) is 88.5 Å². The summed E-state index contributed by atoms with van der Waals surface area (Å²) in [6.45, 7) is 9.70. The summed E-state index contributed by atoms with van der Waals surface area (Å²) in [5.41, 5.74) is 1.49. The van der Waals surface area contributed by atoms with Gasteiger partial charge in [0.2, 0.25) is 11.8 Å². The van der Waals surface area contributed by atoms with E-state index >= 15 is 0 Å². The summed E-state index contributed by atoms with van der Waals surface area (Å²) in [4.78, 5) is 72.4. The Labute approximate surface area is 393 Å². The molecule has 1 aliphatic heterocycles. The zero-order chi connectivity index (χ0) is 46.8. The van der Waals surface area contributed by atoms with Gasteiger partial charge >= 0.3 is 11.9 Å². The Morgan fingerprint density at radius 1 is 0.641 bits per heavy atom. The van der Waals surface area contributed by atoms with Crippen molar-refractivity contribution in [3.63, 3.8) is 0 Å². The lowest BCUT2D eigenvalue weighted by molar-refractivity contribution is -0.149. The summed E-state index contributed by atoms with van der Waals surface area (Å²) in [5, 5.41) is 3.70. The fourth-order valence-electron chi connectivity index (χ4n) is 8.42. The number of thiophene rings is 1. The normalized spacial score (nSPS) is 12.9. The molecule has 0 radical (unpaired) electrons. The maximum Gasteiger partial charge on any atom is 0.308 e. The van der Waals surface area contributed by atoms with Gasteiger partial charge in [-0.1, -0.05) is 136 Å². The number of likely N-dealkylation sites (N-methyl/N-ethyl adjacent to an activating group) is 1. The predicted molar refractivity (Wildman–Crippen MR) is 264 cm³/mol. The van der Waals surface area contributed by atoms with Crippen LogP contribution in [0.25, 0.3) is 0 Å². The summed E-state index contributed by atoms with van der Waals surface area (Å²) < 4.78 is 11.2. The summed E-state index contributed by atoms with van der Waals surface area (Å²) in [7, 11) is 5.68. The van der Waals surface area contributed by atoms with Gasteiger partial charge in [-0.05, 0) is 77.4 Å². The van der Waals surface area contributed by atoms with Gasteiger partial charge in [-0.15, -0.1) is 11.3 Å². The van der Waals surface area contributed by atoms with Gasteiger partial charge in [-0.3, -0.25) is 24.0 Å². The van der Waals surface area contributed by atoms with Crippen molar-refractivity contribution < 1.29 is 33.4 Å². The van der Waals surface area contributed by atoms with Crippen LogP contribution in [0.15, 0.2) is 0 Å². The quantitative estimate of drug-likeness (QED) is 0.0511. The van der Waals surface area contributed by atoms with E-state index < -0.39 is 0 Å². The molecule has 0 aliphatic carbocycles. The minimum atomic E-state index is -0.183. The van der Waals surface area contributed by atoms with Crippen molar-refractivity contribution in [2.45, 2.75) is 220 Å². The first kappa shape index (κ1) is 57.1. The summed E-state index contributed by atoms with van der Waals surface area (Å²) in [5.74, 6) is -0.334. The van der Waals surface area contributed by atoms with Crippen LogP contribution in [0, 0.1) is 5.92 Å². The lowest BCUT2D eigenvalue weighted by atomic mass is 9.94. The number of esters is 2. The maximum absolute atomic E-state index is 13.7. The Balaban J connectivity index is 1.85. The lowest BCUT2D eigenvalue weighted by Gasteiger charge is -2.27. The molecule has 2 heterocycles. The van der Waals surface area contributed by atoms with Crippen molar-refractivity contribution in [1.82, 2.24) is 15.1 Å². The molecule has 0 bridgehead atoms. The van der Waals surface area contributed by atoms with Crippen molar-refractivity contribution in [2.24, 2.45) is 5.92 Å². The number of carbonyl (C=O) groups is 5. The Bertz CT molecular complexity index is 1450. The second-order valence-electron chi connectivity index (χ2n) is 18.6. The second kappa shape index (κ2) is 36.2. The summed E-state index contributed by atoms with van der Waals surface area (Å²) in [6.07, 6.45) is 29.3. The minimum Gasteiger partial charge on any atom is -0.466 e. The molecule has 0 aromatic carbocycles. The van der Waals surface area contributed by atoms with Crippen LogP contribution in [0.2, 0.25) is 0 Å². The smallest absolute Gasteiger partial charge is 0.308 e. The number of hydrogen-bond donors (Lipinski definition) is 1. The molecule has 11 nitrogen and oxygen atoms in total. The maximum atomic E-state index is 13.7. The average Bonchev–Trinajstić information content (AvgIpc) is 3.67. The molecule has 0 spiro atoms. The average molecular weight is 917 g/mol. The number of nitrogens with zero attached hydrogens (tertiary/aromatic N) is 3. The summed E-state index contributed by atoms with van der Waals surface area (Å²) >= 11 is 1.45. The van der Waals surface area contributed by atoms with Crippen LogP contribution < -0.4 is 10.2 Å². The number of unbranched alkanes of at least 4 members (excludes halogenated alkanes) is 19. The number of carbonyl (C=O) groups excluding carboxylic acids is 5. The predicted octanol–water partition coefficient (Wildman–Crippen LogP) is 12.0. The van der Waals surface area contributed by atoms with Crippen molar-refractivity contribution in [3.05, 3.63) is 16.0 Å². The van der Waals surface area contributed by atoms with Crippen molar-refractivity contribution >= 4 is 46.0 Å². The molecule has 1 N–H and O–H groups in total. The molecule has 1 unspecified atom stereocenters. The Morgan fingerprint density at radius 3 is 1.78 bits per heavy atom. The number of ether oxygens (including phenoxy) is 2. The molecule has 3 amide bonds. The number of fused-ring (bicyclic) bond motifs is 1. The molecule has 1 aromatic heterocycles. The Morgan fingerprint density at radius 2 is 1.16 bits per heavy atom. The highest BCUT2D eigenvalue weighted by Gasteiger charge is 2.32. The van der Waals surface area contributed by atoms with Crippen LogP contribution >= 0.6 is 11.3 Å². The van der Waals surface area contributed by atoms with Crippen LogP contribution in [-0.4, -0.2) is 93.5 Å². The molecule has 0 fully saturated rings. The number of rotatable bonds is 39. The summed E-state index contributed by atoms with van der Waals surface area (Å²) in [6, 6.07) is 0. The molecule has 2 rings (SSSR count). The van der Waals surface area contributed by atoms with Gasteiger partial charge in [0.05, 0.1) is 31.2 Å². The van der Waals surface area contributed by atoms with Gasteiger partial charge in [0.25, 0.3) is 5.91 Å². The monoisotopic (exact) mass is 917 g/mol. The van der Waals surface area contributed by atoms with Crippen LogP contribution in [0.1, 0.15) is 228 Å². The molecule has 64 heavy (non-hydrogen) atoms. The molecular weight excluding hydrogens is 825 g/mol. The Kier molecular flexibility index (Phi) is 32.3. The lowest BCUT2D eigenvalue weighted by Crippen LogP contribution is -2.37. The van der Waals surface area contributed by atoms with Gasteiger partial charge in [0.15, 0.2) is 0 Å². The van der Waals surface area contributed by atoms with Crippen molar-refractivity contribution in [3.8, 4) is 0 Å². The van der Waals surface area contributed by atoms with Gasteiger partial charge < -0.3 is 29.5 Å². The zero-order valence-electron chi connectivity index (χ0n) is 41.6. The minimum absolute atomic E-state index is 0.0153. The molecule has 1 atom stereocenters. The first-order chi connectivity index (χ1) is 31.0. The molecular formula is C52H92N4O7S. The van der Waals surface area contributed by atoms with Gasteiger partial charge in [0, 0.05) is 50.8 Å². The van der Waals surface area contributed by atoms with Gasteiger partial charge in [-0.2, -0.15) is 0 Å². The standard InChI is InChI=1S/C52H92N4O7S/c1-7-10-13-16-18-22-29-40-62-48(59)35-28-21-20-26-34-47(58)56-38-36-44-45(42-56)64-51(49(44)50(60)53-37-39-54(4)5)55(6)46(57)33-27-23-30-41-63-52(61)43(31-24-15-12-9-3)32-25-19-17-14-11-8-2/h43H,7-42H2,1-6H3,(H,53,60). The third kappa shape index (κ3) is 24.5. The van der Waals surface area contributed by atoms with Crippen molar-refractivity contribution in [2.75, 3.05) is 58.9 Å². The molecule has 368 valence electrons. The molecule has 1 aliphatic rings. The highest BCUT2D eigenvalue weighted by molar-refractivity contribution is 7.17. The third-order valence-corrected chi connectivity index (χ3v) is 13.9. The number of amides is 3. The largest absolute Gasteiger partial charge is 0.466 e. The van der Waals surface area contributed by atoms with E-state index in [9.17, 15) is 24.0 Å². The van der Waals surface area contributed by atoms with E-state index in [4.69, 9.17) is 9.47 Å². The first-order valence-corrected chi connectivity index (χ1v) is 26.8. The van der Waals surface area contributed by atoms with Crippen LogP contribution in [0.5, 0.6) is 0 Å². The van der Waals surface area contributed by atoms with Crippen molar-refractivity contribution in [1.29, 1.82) is 0 Å². The SMILES string of the molecule is CCCCCCCCCOC(=O)CCCCCCC(=O)N1CCc2c(sc(N(C)C(=O)CCCCCOC(=O)C(CCCCCC)CCCCCCCC)c2C(=O)NCCN(C)C)C1. The van der Waals surface area contributed by atoms with E-state index in [2.05, 4.69) is 26.1 Å². The van der Waals surface area contributed by atoms with E-state index in [0.717, 1.165) is 87.5 Å². The number of anilines is 1. The van der Waals surface area contributed by atoms with Crippen LogP contribution in [0.3, 0.4) is 0 Å². The molecule has 12 heteroatoms. The van der Waals surface area contributed by atoms with E-state index in [-0.39, 0.29) is 35.6 Å². The fourth-order valence-corrected chi connectivity index (χ4v) is 9.76. The second-order valence-corrected chi connectivity index (χ2v) is 19.7. The highest BCUT2D eigenvalue weighted by atomic mass is 32.1. The molecule has 0 saturated heterocycles. The number of nitrogens with one attached hydrogen (secondary N) is 1. The Hall–Kier alpha value is -2.99. The third-order valence-electron chi connectivity index (χ3n) is 12.6. The highest BCUT2D eigenvalue weighted by Crippen LogP contribution is 2.39. The van der Waals surface area contributed by atoms with Gasteiger partial charge in [0.1, 0.15) is 5.00 Å². The van der Waals surface area contributed by atoms with Crippen LogP contribution in [-0.2, 0) is 41.6 Å². The fraction of sp³-hybridized carbons (Fsp3) is 0.827. The van der Waals surface area contributed by atoms with E-state index in [1.165, 1.54) is 88.4 Å². The van der Waals surface area contributed by atoms with E-state index in [1.54, 1.807) is 11.9 Å². The molecule has 0 saturated carbocycles. The first-order valence-electron chi connectivity index (χ1n) is 26.0. The zero-order valence-corrected chi connectivity index (χ0v) is 42.5. The number of hydrogen-bond acceptors (Lipinski definition) is 9. The van der Waals surface area contributed by atoms with Crippen LogP contribution in [0.4, 0.5) is 5.00 Å².